The molecule has 172 valence electrons. The molecule has 4 aromatic carbocycles. The van der Waals surface area contributed by atoms with Crippen LogP contribution in [0.1, 0.15) is 6.92 Å². The second-order valence-corrected chi connectivity index (χ2v) is 11.2. The highest BCUT2D eigenvalue weighted by molar-refractivity contribution is 7.96. The first-order chi connectivity index (χ1) is 16.1. The zero-order valence-electron chi connectivity index (χ0n) is 18.7. The van der Waals surface area contributed by atoms with Gasteiger partial charge in [0.1, 0.15) is 29.3 Å². The number of hydrazone groups is 1. The number of nitrogens with zero attached hydrogens (tertiary/aromatic N) is 2. The Kier molecular flexibility index (Phi) is 8.69. The van der Waals surface area contributed by atoms with Crippen LogP contribution in [0.5, 0.6) is 0 Å². The minimum atomic E-state index is -2.01. The van der Waals surface area contributed by atoms with Crippen LogP contribution in [0.3, 0.4) is 0 Å². The Bertz CT molecular complexity index is 1140. The van der Waals surface area contributed by atoms with Gasteiger partial charge in [-0.1, -0.05) is 54.6 Å². The van der Waals surface area contributed by atoms with E-state index in [4.69, 9.17) is 0 Å². The zero-order chi connectivity index (χ0) is 23.1. The summed E-state index contributed by atoms with van der Waals surface area (Å²) in [7, 11) is -2.01. The topological polar surface area (TPSA) is 67.5 Å². The number of hydrogen-bond acceptors (Lipinski definition) is 4. The number of halogens is 1. The van der Waals surface area contributed by atoms with Crippen LogP contribution in [0.25, 0.3) is 0 Å². The van der Waals surface area contributed by atoms with Crippen LogP contribution in [-0.4, -0.2) is 16.8 Å². The normalized spacial score (nSPS) is 11.4. The molecule has 0 aliphatic carbocycles. The molecule has 0 fully saturated rings. The molecule has 0 heterocycles. The first-order valence-electron chi connectivity index (χ1n) is 10.7. The number of rotatable bonds is 8. The standard InChI is InChI=1S/C27H25N3O2P.BrH/c1-22(28-29-23-17-19-24(20-18-23)30(31)32)21-33(25-11-5-2-6-12-25,26-13-7-3-8-14-26)27-15-9-4-10-16-27;/h2-20,29H,21H2,1H3;1H/q+1;/p-1. The maximum atomic E-state index is 10.9. The third-order valence-corrected chi connectivity index (χ3v) is 9.98. The lowest BCUT2D eigenvalue weighted by Crippen LogP contribution is -3.00. The minimum Gasteiger partial charge on any atom is -1.00 e. The largest absolute Gasteiger partial charge is 1.00 e. The van der Waals surface area contributed by atoms with E-state index < -0.39 is 12.2 Å². The van der Waals surface area contributed by atoms with Gasteiger partial charge in [0.2, 0.25) is 0 Å². The number of nitro groups is 1. The lowest BCUT2D eigenvalue weighted by Gasteiger charge is -2.27. The number of benzene rings is 4. The van der Waals surface area contributed by atoms with Crippen molar-refractivity contribution in [3.8, 4) is 0 Å². The Morgan fingerprint density at radius 2 is 1.18 bits per heavy atom. The SMILES string of the molecule is CC(C[P+](c1ccccc1)(c1ccccc1)c1ccccc1)=NNc1ccc([N+](=O)[O-])cc1.[Br-]. The fraction of sp³-hybridized carbons (Fsp3) is 0.0741. The highest BCUT2D eigenvalue weighted by Crippen LogP contribution is 2.55. The highest BCUT2D eigenvalue weighted by atomic mass is 79.9. The van der Waals surface area contributed by atoms with Gasteiger partial charge in [0.05, 0.1) is 16.3 Å². The number of nitrogens with one attached hydrogen (secondary N) is 1. The Balaban J connectivity index is 0.00000324. The van der Waals surface area contributed by atoms with Gasteiger partial charge in [0, 0.05) is 12.1 Å². The van der Waals surface area contributed by atoms with E-state index in [9.17, 15) is 10.1 Å². The molecule has 0 amide bonds. The molecule has 7 heteroatoms. The fourth-order valence-corrected chi connectivity index (χ4v) is 8.21. The molecule has 4 rings (SSSR count). The van der Waals surface area contributed by atoms with Crippen molar-refractivity contribution in [2.75, 3.05) is 11.6 Å². The van der Waals surface area contributed by atoms with Crippen LogP contribution in [0.2, 0.25) is 0 Å². The monoisotopic (exact) mass is 533 g/mol. The number of nitro benzene ring substituents is 1. The average Bonchev–Trinajstić information content (AvgIpc) is 2.88. The van der Waals surface area contributed by atoms with E-state index in [1.165, 1.54) is 28.0 Å². The van der Waals surface area contributed by atoms with E-state index in [0.717, 1.165) is 11.9 Å². The van der Waals surface area contributed by atoms with Crippen molar-refractivity contribution in [1.29, 1.82) is 0 Å². The summed E-state index contributed by atoms with van der Waals surface area (Å²) >= 11 is 0. The van der Waals surface area contributed by atoms with Crippen LogP contribution in [0.15, 0.2) is 120 Å². The predicted molar refractivity (Wildman–Crippen MR) is 140 cm³/mol. The molecular formula is C27H25BrN3O2P. The molecule has 0 aliphatic heterocycles. The van der Waals surface area contributed by atoms with Gasteiger partial charge in [-0.25, -0.2) is 0 Å². The maximum Gasteiger partial charge on any atom is 0.269 e. The molecule has 0 spiro atoms. The lowest BCUT2D eigenvalue weighted by molar-refractivity contribution is -0.384. The van der Waals surface area contributed by atoms with Crippen LogP contribution in [-0.2, 0) is 0 Å². The molecule has 0 saturated carbocycles. The number of anilines is 1. The molecule has 4 aromatic rings. The Morgan fingerprint density at radius 1 is 0.765 bits per heavy atom. The van der Waals surface area contributed by atoms with Gasteiger partial charge in [-0.3, -0.25) is 15.5 Å². The van der Waals surface area contributed by atoms with Gasteiger partial charge in [0.15, 0.2) is 0 Å². The van der Waals surface area contributed by atoms with Crippen molar-refractivity contribution in [3.63, 3.8) is 0 Å². The van der Waals surface area contributed by atoms with Gasteiger partial charge in [-0.2, -0.15) is 5.10 Å². The number of non-ortho nitro benzene ring substituents is 1. The molecule has 0 aromatic heterocycles. The highest BCUT2D eigenvalue weighted by Gasteiger charge is 2.45. The Hall–Kier alpha value is -3.34. The van der Waals surface area contributed by atoms with E-state index >= 15 is 0 Å². The van der Waals surface area contributed by atoms with Gasteiger partial charge >= 0.3 is 0 Å². The van der Waals surface area contributed by atoms with Crippen molar-refractivity contribution in [2.45, 2.75) is 6.92 Å². The van der Waals surface area contributed by atoms with E-state index in [1.807, 2.05) is 25.1 Å². The predicted octanol–water partition coefficient (Wildman–Crippen LogP) is 2.38. The van der Waals surface area contributed by atoms with Gasteiger partial charge in [-0.05, 0) is 55.5 Å². The number of hydrogen-bond donors (Lipinski definition) is 1. The second-order valence-electron chi connectivity index (χ2n) is 7.74. The molecule has 0 unspecified atom stereocenters. The molecule has 0 bridgehead atoms. The molecule has 34 heavy (non-hydrogen) atoms. The summed E-state index contributed by atoms with van der Waals surface area (Å²) in [6.07, 6.45) is 0.769. The van der Waals surface area contributed by atoms with E-state index in [0.29, 0.717) is 5.69 Å². The maximum absolute atomic E-state index is 10.9. The summed E-state index contributed by atoms with van der Waals surface area (Å²) in [5.74, 6) is 0. The Morgan fingerprint density at radius 3 is 1.56 bits per heavy atom. The molecule has 0 saturated heterocycles. The second kappa shape index (κ2) is 11.7. The lowest BCUT2D eigenvalue weighted by atomic mass is 10.3. The van der Waals surface area contributed by atoms with Crippen LogP contribution >= 0.6 is 7.26 Å². The minimum absolute atomic E-state index is 0. The first-order valence-corrected chi connectivity index (χ1v) is 12.7. The molecule has 0 aliphatic rings. The van der Waals surface area contributed by atoms with Crippen molar-refractivity contribution in [1.82, 2.24) is 0 Å². The fourth-order valence-electron chi connectivity index (χ4n) is 3.96. The van der Waals surface area contributed by atoms with E-state index in [-0.39, 0.29) is 22.7 Å². The first kappa shape index (κ1) is 25.3. The van der Waals surface area contributed by atoms with Crippen molar-refractivity contribution in [3.05, 3.63) is 125 Å². The van der Waals surface area contributed by atoms with Gasteiger partial charge < -0.3 is 17.0 Å². The summed E-state index contributed by atoms with van der Waals surface area (Å²) in [6.45, 7) is 2.03. The Labute approximate surface area is 210 Å². The third-order valence-electron chi connectivity index (χ3n) is 5.51. The van der Waals surface area contributed by atoms with E-state index in [2.05, 4.69) is 83.3 Å². The third kappa shape index (κ3) is 5.58. The zero-order valence-corrected chi connectivity index (χ0v) is 21.2. The average molecular weight is 534 g/mol. The molecular weight excluding hydrogens is 509 g/mol. The van der Waals surface area contributed by atoms with Crippen LogP contribution in [0, 0.1) is 10.1 Å². The molecule has 5 nitrogen and oxygen atoms in total. The van der Waals surface area contributed by atoms with Gasteiger partial charge in [0.25, 0.3) is 5.69 Å². The summed E-state index contributed by atoms with van der Waals surface area (Å²) < 4.78 is 0. The van der Waals surface area contributed by atoms with Crippen LogP contribution < -0.4 is 38.3 Å². The molecule has 0 radical (unpaired) electrons. The smallest absolute Gasteiger partial charge is 0.269 e. The summed E-state index contributed by atoms with van der Waals surface area (Å²) in [6, 6.07) is 38.3. The molecule has 1 N–H and O–H groups in total. The quantitative estimate of drug-likeness (QED) is 0.164. The van der Waals surface area contributed by atoms with Crippen molar-refractivity contribution < 1.29 is 21.9 Å². The summed E-state index contributed by atoms with van der Waals surface area (Å²) in [5, 5.41) is 19.5. The molecule has 0 atom stereocenters. The summed E-state index contributed by atoms with van der Waals surface area (Å²) in [4.78, 5) is 10.5. The van der Waals surface area contributed by atoms with E-state index in [1.54, 1.807) is 12.1 Å². The van der Waals surface area contributed by atoms with Crippen molar-refractivity contribution >= 4 is 40.3 Å². The van der Waals surface area contributed by atoms with Crippen LogP contribution in [0.4, 0.5) is 11.4 Å². The summed E-state index contributed by atoms with van der Waals surface area (Å²) in [5.41, 5.74) is 4.80. The van der Waals surface area contributed by atoms with Gasteiger partial charge in [-0.15, -0.1) is 0 Å². The van der Waals surface area contributed by atoms with Crippen molar-refractivity contribution in [2.24, 2.45) is 5.10 Å².